The average molecular weight is 306 g/mol. The zero-order valence-electron chi connectivity index (χ0n) is 13.3. The summed E-state index contributed by atoms with van der Waals surface area (Å²) in [6.45, 7) is 10.1. The van der Waals surface area contributed by atoms with E-state index in [0.29, 0.717) is 5.75 Å². The van der Waals surface area contributed by atoms with Crippen molar-refractivity contribution in [2.45, 2.75) is 45.8 Å². The fourth-order valence-electron chi connectivity index (χ4n) is 2.22. The van der Waals surface area contributed by atoms with E-state index in [-0.39, 0.29) is 17.0 Å². The number of aromatic hydroxyl groups is 1. The van der Waals surface area contributed by atoms with E-state index in [4.69, 9.17) is 9.31 Å². The first kappa shape index (κ1) is 16.5. The minimum Gasteiger partial charge on any atom is -0.507 e. The highest BCUT2D eigenvalue weighted by atomic mass is 32.1. The Bertz CT molecular complexity index is 530. The number of hydrogen-bond donors (Lipinski definition) is 2. The lowest BCUT2D eigenvalue weighted by atomic mass is 9.78. The van der Waals surface area contributed by atoms with Crippen LogP contribution in [0.15, 0.2) is 23.7 Å². The molecule has 1 aromatic carbocycles. The summed E-state index contributed by atoms with van der Waals surface area (Å²) in [6, 6.07) is 5.47. The number of rotatable bonds is 3. The van der Waals surface area contributed by atoms with Gasteiger partial charge in [-0.05, 0) is 51.7 Å². The maximum atomic E-state index is 10.0. The molecule has 0 radical (unpaired) electrons. The van der Waals surface area contributed by atoms with Gasteiger partial charge in [-0.25, -0.2) is 0 Å². The molecule has 0 saturated carbocycles. The highest BCUT2D eigenvalue weighted by Gasteiger charge is 2.52. The van der Waals surface area contributed by atoms with Crippen LogP contribution in [0.2, 0.25) is 0 Å². The van der Waals surface area contributed by atoms with E-state index in [1.54, 1.807) is 6.07 Å². The highest BCUT2D eigenvalue weighted by molar-refractivity contribution is 7.80. The normalized spacial score (nSPS) is 20.9. The third-order valence-corrected chi connectivity index (χ3v) is 4.73. The van der Waals surface area contributed by atoms with E-state index in [1.807, 2.05) is 52.8 Å². The Kier molecular flexibility index (Phi) is 4.48. The summed E-state index contributed by atoms with van der Waals surface area (Å²) < 4.78 is 12.1. The van der Waals surface area contributed by atoms with E-state index in [1.165, 1.54) is 0 Å². The lowest BCUT2D eigenvalue weighted by molar-refractivity contribution is 0.00578. The summed E-state index contributed by atoms with van der Waals surface area (Å²) in [5.41, 5.74) is 1.93. The Morgan fingerprint density at radius 3 is 2.29 bits per heavy atom. The predicted octanol–water partition coefficient (Wildman–Crippen LogP) is 3.65. The molecule has 1 aromatic rings. The number of thiol groups is 1. The third-order valence-electron chi connectivity index (χ3n) is 4.37. The first-order valence-corrected chi connectivity index (χ1v) is 7.77. The molecule has 0 unspecified atom stereocenters. The van der Waals surface area contributed by atoms with Crippen LogP contribution in [-0.2, 0) is 9.31 Å². The smallest absolute Gasteiger partial charge is 0.491 e. The zero-order valence-corrected chi connectivity index (χ0v) is 14.2. The minimum absolute atomic E-state index is 0.255. The van der Waals surface area contributed by atoms with Crippen molar-refractivity contribution in [2.75, 3.05) is 5.75 Å². The van der Waals surface area contributed by atoms with Gasteiger partial charge >= 0.3 is 7.12 Å². The molecular weight excluding hydrogens is 283 g/mol. The van der Waals surface area contributed by atoms with Crippen LogP contribution in [0.5, 0.6) is 5.75 Å². The van der Waals surface area contributed by atoms with Gasteiger partial charge in [0.25, 0.3) is 0 Å². The number of benzene rings is 1. The maximum absolute atomic E-state index is 10.0. The van der Waals surface area contributed by atoms with Gasteiger partial charge < -0.3 is 14.4 Å². The minimum atomic E-state index is -0.438. The number of hydrogen-bond acceptors (Lipinski definition) is 4. The van der Waals surface area contributed by atoms with E-state index < -0.39 is 7.12 Å². The molecule has 5 heteroatoms. The van der Waals surface area contributed by atoms with Crippen molar-refractivity contribution in [3.63, 3.8) is 0 Å². The van der Waals surface area contributed by atoms with Gasteiger partial charge in [0.2, 0.25) is 0 Å². The second-order valence-electron chi connectivity index (χ2n) is 6.47. The van der Waals surface area contributed by atoms with Crippen molar-refractivity contribution in [2.24, 2.45) is 0 Å². The van der Waals surface area contributed by atoms with Crippen LogP contribution in [0.3, 0.4) is 0 Å². The van der Waals surface area contributed by atoms with E-state index >= 15 is 0 Å². The fourth-order valence-corrected chi connectivity index (χ4v) is 2.46. The van der Waals surface area contributed by atoms with Crippen molar-refractivity contribution in [1.29, 1.82) is 0 Å². The Morgan fingerprint density at radius 2 is 1.81 bits per heavy atom. The first-order chi connectivity index (χ1) is 9.68. The molecule has 0 atom stereocenters. The summed E-state index contributed by atoms with van der Waals surface area (Å²) in [4.78, 5) is 0. The second kappa shape index (κ2) is 5.71. The van der Waals surface area contributed by atoms with Crippen molar-refractivity contribution in [1.82, 2.24) is 0 Å². The van der Waals surface area contributed by atoms with Crippen LogP contribution >= 0.6 is 12.6 Å². The molecule has 114 valence electrons. The van der Waals surface area contributed by atoms with Gasteiger partial charge in [-0.2, -0.15) is 12.6 Å². The maximum Gasteiger partial charge on any atom is 0.491 e. The summed E-state index contributed by atoms with van der Waals surface area (Å²) in [5, 5.41) is 10.0. The zero-order chi connectivity index (χ0) is 15.8. The summed E-state index contributed by atoms with van der Waals surface area (Å²) in [5.74, 6) is 0.760. The average Bonchev–Trinajstić information content (AvgIpc) is 2.58. The van der Waals surface area contributed by atoms with Gasteiger partial charge in [0, 0.05) is 11.3 Å². The van der Waals surface area contributed by atoms with Crippen molar-refractivity contribution >= 4 is 25.8 Å². The molecule has 0 amide bonds. The summed E-state index contributed by atoms with van der Waals surface area (Å²) >= 11 is 4.39. The molecular formula is C16H23BO3S. The van der Waals surface area contributed by atoms with E-state index in [2.05, 4.69) is 12.6 Å². The Morgan fingerprint density at radius 1 is 1.24 bits per heavy atom. The molecule has 1 fully saturated rings. The van der Waals surface area contributed by atoms with Crippen LogP contribution in [0.25, 0.3) is 6.08 Å². The molecule has 3 nitrogen and oxygen atoms in total. The van der Waals surface area contributed by atoms with Gasteiger partial charge in [0.15, 0.2) is 0 Å². The van der Waals surface area contributed by atoms with Crippen LogP contribution in [-0.4, -0.2) is 29.2 Å². The molecule has 2 rings (SSSR count). The third kappa shape index (κ3) is 3.15. The monoisotopic (exact) mass is 306 g/mol. The molecule has 1 aliphatic rings. The lowest BCUT2D eigenvalue weighted by Gasteiger charge is -2.32. The molecule has 0 aliphatic carbocycles. The number of aryl methyl sites for hydroxylation is 1. The number of phenols is 1. The predicted molar refractivity (Wildman–Crippen MR) is 90.8 cm³/mol. The number of phenolic OH excluding ortho intramolecular Hbond substituents is 1. The molecule has 0 spiro atoms. The standard InChI is InChI=1S/C16H23BO3S/c1-11-7-6-8-14(18)13(11)9-12(10-21)17-19-15(2,3)16(4,5)20-17/h6-9,18,21H,10H2,1-5H3. The lowest BCUT2D eigenvalue weighted by Crippen LogP contribution is -2.41. The van der Waals surface area contributed by atoms with Gasteiger partial charge in [-0.3, -0.25) is 0 Å². The quantitative estimate of drug-likeness (QED) is 0.661. The second-order valence-corrected chi connectivity index (χ2v) is 6.79. The van der Waals surface area contributed by atoms with Crippen molar-refractivity contribution < 1.29 is 14.4 Å². The Balaban J connectivity index is 2.36. The van der Waals surface area contributed by atoms with Crippen molar-refractivity contribution in [3.05, 3.63) is 34.8 Å². The Hall–Kier alpha value is -0.905. The molecule has 1 aliphatic heterocycles. The van der Waals surface area contributed by atoms with Gasteiger partial charge in [0.05, 0.1) is 11.2 Å². The van der Waals surface area contributed by atoms with Gasteiger partial charge in [-0.15, -0.1) is 0 Å². The summed E-state index contributed by atoms with van der Waals surface area (Å²) in [6.07, 6.45) is 1.92. The van der Waals surface area contributed by atoms with Gasteiger partial charge in [-0.1, -0.05) is 18.2 Å². The molecule has 21 heavy (non-hydrogen) atoms. The van der Waals surface area contributed by atoms with Crippen LogP contribution in [0.4, 0.5) is 0 Å². The van der Waals surface area contributed by atoms with E-state index in [9.17, 15) is 5.11 Å². The SMILES string of the molecule is Cc1cccc(O)c1C=C(CS)B1OC(C)(C)C(C)(C)O1. The fraction of sp³-hybridized carbons (Fsp3) is 0.500. The molecule has 1 N–H and O–H groups in total. The molecule has 1 saturated heterocycles. The van der Waals surface area contributed by atoms with Crippen molar-refractivity contribution in [3.8, 4) is 5.75 Å². The first-order valence-electron chi connectivity index (χ1n) is 7.13. The topological polar surface area (TPSA) is 38.7 Å². The molecule has 0 aromatic heterocycles. The Labute approximate surface area is 132 Å². The van der Waals surface area contributed by atoms with Crippen LogP contribution < -0.4 is 0 Å². The molecule has 1 heterocycles. The molecule has 0 bridgehead atoms. The largest absolute Gasteiger partial charge is 0.507 e. The van der Waals surface area contributed by atoms with E-state index in [0.717, 1.165) is 16.6 Å². The van der Waals surface area contributed by atoms with Crippen LogP contribution in [0, 0.1) is 6.92 Å². The van der Waals surface area contributed by atoms with Crippen LogP contribution in [0.1, 0.15) is 38.8 Å². The highest BCUT2D eigenvalue weighted by Crippen LogP contribution is 2.39. The summed E-state index contributed by atoms with van der Waals surface area (Å²) in [7, 11) is -0.438. The van der Waals surface area contributed by atoms with Gasteiger partial charge in [0.1, 0.15) is 5.75 Å².